The van der Waals surface area contributed by atoms with Crippen LogP contribution < -0.4 is 15.5 Å². The molecule has 0 saturated carbocycles. The van der Waals surface area contributed by atoms with Crippen LogP contribution in [0.5, 0.6) is 5.75 Å². The number of alkyl halides is 3. The Kier molecular flexibility index (Phi) is 4.53. The highest BCUT2D eigenvalue weighted by Crippen LogP contribution is 2.33. The van der Waals surface area contributed by atoms with Crippen LogP contribution >= 0.6 is 11.6 Å². The zero-order chi connectivity index (χ0) is 19.1. The number of ether oxygens (including phenoxy) is 1. The third-order valence-corrected chi connectivity index (χ3v) is 4.00. The molecule has 2 aromatic rings. The summed E-state index contributed by atoms with van der Waals surface area (Å²) in [5.74, 6) is 0.501. The van der Waals surface area contributed by atoms with Gasteiger partial charge in [-0.05, 0) is 49.4 Å². The smallest absolute Gasteiger partial charge is 0.416 e. The standard InChI is InChI=1S/C17H13ClF3N3O2/c1-9-15(13-7-4-11(18)8-14(13)26-9)23-24(16(22)25)12-5-2-10(3-6-12)17(19,20)21/h2-9H,1H3,(H2,22,25)/b23-15-. The molecule has 0 saturated heterocycles. The van der Waals surface area contributed by atoms with Gasteiger partial charge in [0.25, 0.3) is 0 Å². The quantitative estimate of drug-likeness (QED) is 0.779. The van der Waals surface area contributed by atoms with E-state index in [2.05, 4.69) is 5.10 Å². The van der Waals surface area contributed by atoms with E-state index >= 15 is 0 Å². The molecule has 0 fully saturated rings. The molecule has 1 atom stereocenters. The number of carbonyl (C=O) groups is 1. The minimum Gasteiger partial charge on any atom is -0.484 e. The second-order valence-corrected chi connectivity index (χ2v) is 6.02. The lowest BCUT2D eigenvalue weighted by Gasteiger charge is -2.17. The molecule has 0 aliphatic carbocycles. The van der Waals surface area contributed by atoms with Crippen LogP contribution in [0.25, 0.3) is 0 Å². The number of hydrogen-bond acceptors (Lipinski definition) is 3. The maximum Gasteiger partial charge on any atom is 0.416 e. The van der Waals surface area contributed by atoms with Crippen molar-refractivity contribution in [2.24, 2.45) is 10.8 Å². The molecule has 1 heterocycles. The highest BCUT2D eigenvalue weighted by atomic mass is 35.5. The molecule has 1 unspecified atom stereocenters. The first-order valence-corrected chi connectivity index (χ1v) is 7.86. The molecular weight excluding hydrogens is 371 g/mol. The fourth-order valence-corrected chi connectivity index (χ4v) is 2.70. The lowest BCUT2D eigenvalue weighted by atomic mass is 10.1. The van der Waals surface area contributed by atoms with E-state index in [-0.39, 0.29) is 5.69 Å². The lowest BCUT2D eigenvalue weighted by molar-refractivity contribution is -0.137. The van der Waals surface area contributed by atoms with Crippen LogP contribution in [0.15, 0.2) is 47.6 Å². The first-order valence-electron chi connectivity index (χ1n) is 7.48. The predicted molar refractivity (Wildman–Crippen MR) is 91.6 cm³/mol. The topological polar surface area (TPSA) is 67.9 Å². The molecule has 1 aliphatic heterocycles. The molecule has 0 bridgehead atoms. The van der Waals surface area contributed by atoms with Crippen molar-refractivity contribution in [1.82, 2.24) is 0 Å². The summed E-state index contributed by atoms with van der Waals surface area (Å²) in [7, 11) is 0. The Bertz CT molecular complexity index is 882. The van der Waals surface area contributed by atoms with E-state index in [4.69, 9.17) is 22.1 Å². The van der Waals surface area contributed by atoms with Crippen molar-refractivity contribution in [3.63, 3.8) is 0 Å². The second kappa shape index (κ2) is 6.53. The highest BCUT2D eigenvalue weighted by molar-refractivity contribution is 6.31. The van der Waals surface area contributed by atoms with Crippen molar-refractivity contribution >= 4 is 29.0 Å². The summed E-state index contributed by atoms with van der Waals surface area (Å²) in [6, 6.07) is 7.97. The molecule has 3 rings (SSSR count). The van der Waals surface area contributed by atoms with E-state index in [0.717, 1.165) is 29.3 Å². The first-order chi connectivity index (χ1) is 12.2. The second-order valence-electron chi connectivity index (χ2n) is 5.58. The monoisotopic (exact) mass is 383 g/mol. The van der Waals surface area contributed by atoms with Gasteiger partial charge >= 0.3 is 12.2 Å². The molecule has 0 spiro atoms. The summed E-state index contributed by atoms with van der Waals surface area (Å²) in [5.41, 5.74) is 5.66. The van der Waals surface area contributed by atoms with Crippen molar-refractivity contribution in [2.75, 3.05) is 5.01 Å². The van der Waals surface area contributed by atoms with Gasteiger partial charge in [-0.15, -0.1) is 0 Å². The molecule has 1 aliphatic rings. The van der Waals surface area contributed by atoms with Crippen LogP contribution in [0, 0.1) is 0 Å². The third kappa shape index (κ3) is 3.45. The van der Waals surface area contributed by atoms with Crippen LogP contribution in [-0.2, 0) is 6.18 Å². The third-order valence-electron chi connectivity index (χ3n) is 3.76. The highest BCUT2D eigenvalue weighted by Gasteiger charge is 2.31. The van der Waals surface area contributed by atoms with Gasteiger partial charge in [-0.1, -0.05) is 11.6 Å². The van der Waals surface area contributed by atoms with Gasteiger partial charge < -0.3 is 10.5 Å². The summed E-state index contributed by atoms with van der Waals surface area (Å²) < 4.78 is 43.7. The number of hydrazone groups is 1. The van der Waals surface area contributed by atoms with Crippen molar-refractivity contribution in [2.45, 2.75) is 19.2 Å². The Hall–Kier alpha value is -2.74. The van der Waals surface area contributed by atoms with E-state index in [1.807, 2.05) is 0 Å². The summed E-state index contributed by atoms with van der Waals surface area (Å²) in [6.45, 7) is 1.72. The number of halogens is 4. The molecule has 0 aromatic heterocycles. The molecule has 0 radical (unpaired) electrons. The molecule has 5 nitrogen and oxygen atoms in total. The fraction of sp³-hybridized carbons (Fsp3) is 0.176. The first kappa shape index (κ1) is 18.1. The number of rotatable bonds is 2. The zero-order valence-electron chi connectivity index (χ0n) is 13.4. The molecular formula is C17H13ClF3N3O2. The Balaban J connectivity index is 2.00. The van der Waals surface area contributed by atoms with E-state index in [1.54, 1.807) is 25.1 Å². The number of primary amides is 1. The maximum atomic E-state index is 12.7. The minimum absolute atomic E-state index is 0.104. The van der Waals surface area contributed by atoms with Crippen LogP contribution in [0.3, 0.4) is 0 Å². The summed E-state index contributed by atoms with van der Waals surface area (Å²) in [4.78, 5) is 11.8. The van der Waals surface area contributed by atoms with E-state index in [1.165, 1.54) is 0 Å². The Labute approximate surface area is 151 Å². The largest absolute Gasteiger partial charge is 0.484 e. The van der Waals surface area contributed by atoms with Crippen LogP contribution in [0.4, 0.5) is 23.7 Å². The summed E-state index contributed by atoms with van der Waals surface area (Å²) in [5, 5.41) is 5.53. The SMILES string of the molecule is CC1Oc2cc(Cl)ccc2/C1=N\N(C(N)=O)c1ccc(C(F)(F)F)cc1. The van der Waals surface area contributed by atoms with Gasteiger partial charge in [0.2, 0.25) is 0 Å². The van der Waals surface area contributed by atoms with Gasteiger partial charge in [0.15, 0.2) is 0 Å². The van der Waals surface area contributed by atoms with Gasteiger partial charge in [0.05, 0.1) is 11.3 Å². The lowest BCUT2D eigenvalue weighted by Crippen LogP contribution is -2.33. The van der Waals surface area contributed by atoms with Gasteiger partial charge in [0.1, 0.15) is 17.6 Å². The van der Waals surface area contributed by atoms with E-state index < -0.39 is 23.9 Å². The van der Waals surface area contributed by atoms with E-state index in [0.29, 0.717) is 22.0 Å². The normalized spacial score (nSPS) is 17.7. The molecule has 136 valence electrons. The number of nitrogens with zero attached hydrogens (tertiary/aromatic N) is 2. The maximum absolute atomic E-state index is 12.7. The molecule has 26 heavy (non-hydrogen) atoms. The molecule has 9 heteroatoms. The van der Waals surface area contributed by atoms with Crippen molar-refractivity contribution in [3.05, 3.63) is 58.6 Å². The summed E-state index contributed by atoms with van der Waals surface area (Å²) >= 11 is 5.93. The number of carbonyl (C=O) groups excluding carboxylic acids is 1. The average molecular weight is 384 g/mol. The van der Waals surface area contributed by atoms with Crippen molar-refractivity contribution in [3.8, 4) is 5.75 Å². The van der Waals surface area contributed by atoms with Crippen molar-refractivity contribution < 1.29 is 22.7 Å². The molecule has 2 aromatic carbocycles. The number of hydrogen-bond donors (Lipinski definition) is 1. The van der Waals surface area contributed by atoms with Gasteiger partial charge in [-0.25, -0.2) is 4.79 Å². The Morgan fingerprint density at radius 2 is 1.88 bits per heavy atom. The van der Waals surface area contributed by atoms with Crippen LogP contribution in [-0.4, -0.2) is 17.8 Å². The number of benzene rings is 2. The van der Waals surface area contributed by atoms with Gasteiger partial charge in [-0.2, -0.15) is 23.3 Å². The predicted octanol–water partition coefficient (Wildman–Crippen LogP) is 4.43. The number of amides is 2. The van der Waals surface area contributed by atoms with Gasteiger partial charge in [-0.3, -0.25) is 0 Å². The van der Waals surface area contributed by atoms with Crippen LogP contribution in [0.2, 0.25) is 5.02 Å². The summed E-state index contributed by atoms with van der Waals surface area (Å²) in [6.07, 6.45) is -4.96. The average Bonchev–Trinajstić information content (AvgIpc) is 2.86. The van der Waals surface area contributed by atoms with Gasteiger partial charge in [0, 0.05) is 10.6 Å². The van der Waals surface area contributed by atoms with E-state index in [9.17, 15) is 18.0 Å². The van der Waals surface area contributed by atoms with Crippen LogP contribution in [0.1, 0.15) is 18.1 Å². The van der Waals surface area contributed by atoms with Crippen molar-refractivity contribution in [1.29, 1.82) is 0 Å². The number of anilines is 1. The molecule has 2 N–H and O–H groups in total. The number of urea groups is 1. The fourth-order valence-electron chi connectivity index (χ4n) is 2.54. The minimum atomic E-state index is -4.48. The zero-order valence-corrected chi connectivity index (χ0v) is 14.2. The Morgan fingerprint density at radius 3 is 2.46 bits per heavy atom. The molecule has 2 amide bonds. The number of nitrogens with two attached hydrogens (primary N) is 1. The Morgan fingerprint density at radius 1 is 1.23 bits per heavy atom. The number of fused-ring (bicyclic) bond motifs is 1.